The van der Waals surface area contributed by atoms with E-state index >= 15 is 0 Å². The van der Waals surface area contributed by atoms with Crippen LogP contribution in [0.1, 0.15) is 41.4 Å². The number of nitrogens with one attached hydrogen (secondary N) is 1. The number of hydrogen-bond donors (Lipinski definition) is 2. The minimum Gasteiger partial charge on any atom is -0.366 e. The molecule has 1 heterocycles. The van der Waals surface area contributed by atoms with Gasteiger partial charge >= 0.3 is 0 Å². The van der Waals surface area contributed by atoms with Crippen LogP contribution in [0.15, 0.2) is 11.4 Å². The van der Waals surface area contributed by atoms with Crippen LogP contribution in [0.3, 0.4) is 0 Å². The molecule has 1 aromatic heterocycles. The van der Waals surface area contributed by atoms with Gasteiger partial charge in [-0.25, -0.2) is 0 Å². The Kier molecular flexibility index (Phi) is 3.61. The molecule has 1 saturated carbocycles. The van der Waals surface area contributed by atoms with Crippen molar-refractivity contribution in [1.29, 1.82) is 0 Å². The third kappa shape index (κ3) is 2.62. The molecule has 1 atom stereocenters. The standard InChI is InChI=1S/C12H18N2OS/c1-8(9-3-2-4-9)14-6-11-5-10(7-16-11)12(13)15/h5,7-9,14H,2-4,6H2,1H3,(H2,13,15). The summed E-state index contributed by atoms with van der Waals surface area (Å²) in [7, 11) is 0. The van der Waals surface area contributed by atoms with E-state index in [0.717, 1.165) is 12.5 Å². The fourth-order valence-electron chi connectivity index (χ4n) is 1.97. The van der Waals surface area contributed by atoms with E-state index in [4.69, 9.17) is 5.73 Å². The van der Waals surface area contributed by atoms with Crippen molar-refractivity contribution < 1.29 is 4.79 Å². The van der Waals surface area contributed by atoms with Gasteiger partial charge in [-0.2, -0.15) is 0 Å². The van der Waals surface area contributed by atoms with Crippen molar-refractivity contribution in [2.45, 2.75) is 38.8 Å². The minimum atomic E-state index is -0.338. The Hall–Kier alpha value is -0.870. The Morgan fingerprint density at radius 3 is 2.94 bits per heavy atom. The average Bonchev–Trinajstić information content (AvgIpc) is 2.60. The summed E-state index contributed by atoms with van der Waals surface area (Å²) in [5.74, 6) is 0.505. The van der Waals surface area contributed by atoms with E-state index in [-0.39, 0.29) is 5.91 Å². The topological polar surface area (TPSA) is 55.1 Å². The molecule has 0 radical (unpaired) electrons. The Bertz CT molecular complexity index is 371. The number of amides is 1. The summed E-state index contributed by atoms with van der Waals surface area (Å²) in [5, 5.41) is 5.34. The van der Waals surface area contributed by atoms with E-state index in [0.29, 0.717) is 11.6 Å². The molecule has 3 N–H and O–H groups in total. The first kappa shape index (κ1) is 11.6. The number of carbonyl (C=O) groups excluding carboxylic acids is 1. The fraction of sp³-hybridized carbons (Fsp3) is 0.583. The number of thiophene rings is 1. The van der Waals surface area contributed by atoms with Gasteiger partial charge in [-0.1, -0.05) is 6.42 Å². The van der Waals surface area contributed by atoms with Gasteiger partial charge in [-0.3, -0.25) is 4.79 Å². The van der Waals surface area contributed by atoms with Crippen LogP contribution in [-0.4, -0.2) is 11.9 Å². The Labute approximate surface area is 100 Å². The second kappa shape index (κ2) is 4.97. The summed E-state index contributed by atoms with van der Waals surface area (Å²) >= 11 is 1.59. The molecular formula is C12H18N2OS. The van der Waals surface area contributed by atoms with Crippen molar-refractivity contribution in [3.05, 3.63) is 21.9 Å². The zero-order valence-corrected chi connectivity index (χ0v) is 10.3. The fourth-order valence-corrected chi connectivity index (χ4v) is 2.79. The SMILES string of the molecule is CC(NCc1cc(C(N)=O)cs1)C1CCC1. The number of rotatable bonds is 5. The molecule has 88 valence electrons. The molecule has 4 heteroatoms. The van der Waals surface area contributed by atoms with Crippen LogP contribution >= 0.6 is 11.3 Å². The summed E-state index contributed by atoms with van der Waals surface area (Å²) in [4.78, 5) is 12.1. The van der Waals surface area contributed by atoms with Crippen molar-refractivity contribution in [2.24, 2.45) is 11.7 Å². The van der Waals surface area contributed by atoms with Crippen molar-refractivity contribution in [2.75, 3.05) is 0 Å². The van der Waals surface area contributed by atoms with Gasteiger partial charge in [-0.15, -0.1) is 11.3 Å². The summed E-state index contributed by atoms with van der Waals surface area (Å²) in [6.07, 6.45) is 4.08. The second-order valence-electron chi connectivity index (χ2n) is 4.53. The van der Waals surface area contributed by atoms with Gasteiger partial charge in [0.15, 0.2) is 0 Å². The number of hydrogen-bond acceptors (Lipinski definition) is 3. The van der Waals surface area contributed by atoms with Crippen LogP contribution in [0.2, 0.25) is 0 Å². The second-order valence-corrected chi connectivity index (χ2v) is 5.52. The zero-order chi connectivity index (χ0) is 11.5. The average molecular weight is 238 g/mol. The number of carbonyl (C=O) groups is 1. The maximum absolute atomic E-state index is 10.9. The zero-order valence-electron chi connectivity index (χ0n) is 9.53. The quantitative estimate of drug-likeness (QED) is 0.825. The third-order valence-corrected chi connectivity index (χ3v) is 4.33. The molecule has 1 aromatic rings. The molecule has 0 bridgehead atoms. The predicted octanol–water partition coefficient (Wildman–Crippen LogP) is 2.13. The van der Waals surface area contributed by atoms with E-state index in [1.165, 1.54) is 24.1 Å². The van der Waals surface area contributed by atoms with Gasteiger partial charge in [0, 0.05) is 22.8 Å². The lowest BCUT2D eigenvalue weighted by molar-refractivity contribution is 0.100. The lowest BCUT2D eigenvalue weighted by Crippen LogP contribution is -2.36. The Morgan fingerprint density at radius 1 is 1.69 bits per heavy atom. The first-order valence-electron chi connectivity index (χ1n) is 5.77. The van der Waals surface area contributed by atoms with Crippen LogP contribution in [0.4, 0.5) is 0 Å². The van der Waals surface area contributed by atoms with Crippen LogP contribution < -0.4 is 11.1 Å². The van der Waals surface area contributed by atoms with Gasteiger partial charge in [0.1, 0.15) is 0 Å². The number of primary amides is 1. The highest BCUT2D eigenvalue weighted by Crippen LogP contribution is 2.29. The number of nitrogens with two attached hydrogens (primary N) is 1. The Morgan fingerprint density at radius 2 is 2.44 bits per heavy atom. The molecule has 0 spiro atoms. The molecule has 1 aliphatic rings. The van der Waals surface area contributed by atoms with Crippen molar-refractivity contribution >= 4 is 17.2 Å². The largest absolute Gasteiger partial charge is 0.366 e. The smallest absolute Gasteiger partial charge is 0.249 e. The van der Waals surface area contributed by atoms with Crippen molar-refractivity contribution in [1.82, 2.24) is 5.32 Å². The van der Waals surface area contributed by atoms with Crippen LogP contribution in [0.25, 0.3) is 0 Å². The van der Waals surface area contributed by atoms with E-state index in [9.17, 15) is 4.79 Å². The highest BCUT2D eigenvalue weighted by Gasteiger charge is 2.23. The normalized spacial score (nSPS) is 18.1. The molecule has 3 nitrogen and oxygen atoms in total. The Balaban J connectivity index is 1.81. The molecule has 1 aliphatic carbocycles. The molecule has 1 amide bonds. The summed E-state index contributed by atoms with van der Waals surface area (Å²) < 4.78 is 0. The van der Waals surface area contributed by atoms with Crippen LogP contribution in [0.5, 0.6) is 0 Å². The summed E-state index contributed by atoms with van der Waals surface area (Å²) in [6, 6.07) is 2.46. The van der Waals surface area contributed by atoms with Gasteiger partial charge in [0.05, 0.1) is 5.56 Å². The third-order valence-electron chi connectivity index (χ3n) is 3.39. The summed E-state index contributed by atoms with van der Waals surface area (Å²) in [5.41, 5.74) is 5.83. The molecular weight excluding hydrogens is 220 g/mol. The van der Waals surface area contributed by atoms with Gasteiger partial charge in [0.2, 0.25) is 5.91 Å². The highest BCUT2D eigenvalue weighted by molar-refractivity contribution is 7.10. The molecule has 1 fully saturated rings. The monoisotopic (exact) mass is 238 g/mol. The van der Waals surface area contributed by atoms with Gasteiger partial charge in [-0.05, 0) is 31.7 Å². The van der Waals surface area contributed by atoms with Crippen LogP contribution in [-0.2, 0) is 6.54 Å². The first-order chi connectivity index (χ1) is 7.66. The van der Waals surface area contributed by atoms with E-state index < -0.39 is 0 Å². The first-order valence-corrected chi connectivity index (χ1v) is 6.65. The van der Waals surface area contributed by atoms with Crippen molar-refractivity contribution in [3.8, 4) is 0 Å². The van der Waals surface area contributed by atoms with Crippen LogP contribution in [0, 0.1) is 5.92 Å². The molecule has 0 saturated heterocycles. The molecule has 1 unspecified atom stereocenters. The lowest BCUT2D eigenvalue weighted by atomic mass is 9.80. The highest BCUT2D eigenvalue weighted by atomic mass is 32.1. The van der Waals surface area contributed by atoms with Gasteiger partial charge < -0.3 is 11.1 Å². The molecule has 2 rings (SSSR count). The molecule has 16 heavy (non-hydrogen) atoms. The van der Waals surface area contributed by atoms with E-state index in [1.54, 1.807) is 11.3 Å². The predicted molar refractivity (Wildman–Crippen MR) is 66.5 cm³/mol. The summed E-state index contributed by atoms with van der Waals surface area (Å²) in [6.45, 7) is 3.09. The molecule has 0 aromatic carbocycles. The van der Waals surface area contributed by atoms with E-state index in [1.807, 2.05) is 11.4 Å². The minimum absolute atomic E-state index is 0.338. The maximum atomic E-state index is 10.9. The maximum Gasteiger partial charge on any atom is 0.249 e. The lowest BCUT2D eigenvalue weighted by Gasteiger charge is -2.31. The van der Waals surface area contributed by atoms with E-state index in [2.05, 4.69) is 12.2 Å². The van der Waals surface area contributed by atoms with Gasteiger partial charge in [0.25, 0.3) is 0 Å². The molecule has 0 aliphatic heterocycles. The van der Waals surface area contributed by atoms with Crippen molar-refractivity contribution in [3.63, 3.8) is 0 Å².